The second-order valence-electron chi connectivity index (χ2n) is 8.27. The first-order valence-corrected chi connectivity index (χ1v) is 10.8. The Morgan fingerprint density at radius 1 is 1.12 bits per heavy atom. The van der Waals surface area contributed by atoms with Crippen LogP contribution in [0.1, 0.15) is 32.4 Å². The highest BCUT2D eigenvalue weighted by molar-refractivity contribution is 5.89. The molecular weight excluding hydrogens is 438 g/mol. The maximum Gasteiger partial charge on any atom is 0.415 e. The molecule has 1 fully saturated rings. The molecule has 1 saturated heterocycles. The second-order valence-corrected chi connectivity index (χ2v) is 8.27. The van der Waals surface area contributed by atoms with Gasteiger partial charge in [0.15, 0.2) is 0 Å². The molecule has 2 aromatic heterocycles. The van der Waals surface area contributed by atoms with Crippen molar-refractivity contribution in [2.24, 2.45) is 5.92 Å². The van der Waals surface area contributed by atoms with Crippen molar-refractivity contribution in [2.75, 3.05) is 22.1 Å². The van der Waals surface area contributed by atoms with Crippen molar-refractivity contribution in [2.45, 2.75) is 32.9 Å². The van der Waals surface area contributed by atoms with Gasteiger partial charge in [-0.3, -0.25) is 15.0 Å². The number of nitro groups is 1. The van der Waals surface area contributed by atoms with Crippen LogP contribution >= 0.6 is 0 Å². The van der Waals surface area contributed by atoms with Gasteiger partial charge >= 0.3 is 6.09 Å². The first-order chi connectivity index (χ1) is 16.3. The zero-order chi connectivity index (χ0) is 24.2. The van der Waals surface area contributed by atoms with Crippen LogP contribution in [0.15, 0.2) is 54.9 Å². The maximum atomic E-state index is 12.2. The Labute approximate surface area is 196 Å². The van der Waals surface area contributed by atoms with Crippen LogP contribution in [0.2, 0.25) is 0 Å². The molecule has 0 unspecified atom stereocenters. The van der Waals surface area contributed by atoms with Gasteiger partial charge in [-0.05, 0) is 42.7 Å². The summed E-state index contributed by atoms with van der Waals surface area (Å²) >= 11 is 0. The number of carbonyl (C=O) groups is 1. The minimum Gasteiger partial charge on any atom is -0.447 e. The van der Waals surface area contributed by atoms with Gasteiger partial charge in [0.2, 0.25) is 5.95 Å². The number of carbonyl (C=O) groups excluding carboxylic acids is 1. The smallest absolute Gasteiger partial charge is 0.415 e. The molecule has 2 atom stereocenters. The van der Waals surface area contributed by atoms with Crippen molar-refractivity contribution in [3.05, 3.63) is 70.5 Å². The van der Waals surface area contributed by atoms with Gasteiger partial charge in [-0.2, -0.15) is 4.98 Å². The fraction of sp³-hybridized carbons (Fsp3) is 0.304. The monoisotopic (exact) mass is 463 g/mol. The van der Waals surface area contributed by atoms with Gasteiger partial charge in [0.1, 0.15) is 24.4 Å². The quantitative estimate of drug-likeness (QED) is 0.360. The van der Waals surface area contributed by atoms with Crippen LogP contribution in [0.3, 0.4) is 0 Å². The molecule has 0 bridgehead atoms. The van der Waals surface area contributed by atoms with E-state index < -0.39 is 11.0 Å². The molecule has 4 rings (SSSR count). The van der Waals surface area contributed by atoms with Crippen molar-refractivity contribution >= 4 is 35.1 Å². The van der Waals surface area contributed by atoms with E-state index in [0.717, 1.165) is 11.3 Å². The molecule has 1 aliphatic rings. The van der Waals surface area contributed by atoms with Crippen LogP contribution < -0.4 is 15.5 Å². The van der Waals surface area contributed by atoms with E-state index in [0.29, 0.717) is 24.2 Å². The van der Waals surface area contributed by atoms with E-state index in [4.69, 9.17) is 4.74 Å². The Hall–Kier alpha value is -4.28. The Morgan fingerprint density at radius 3 is 2.53 bits per heavy atom. The number of aromatic nitrogens is 3. The lowest BCUT2D eigenvalue weighted by Crippen LogP contribution is -2.37. The normalized spacial score (nSPS) is 16.3. The van der Waals surface area contributed by atoms with E-state index in [1.54, 1.807) is 23.2 Å². The van der Waals surface area contributed by atoms with Gasteiger partial charge in [-0.1, -0.05) is 26.0 Å². The maximum absolute atomic E-state index is 12.2. The largest absolute Gasteiger partial charge is 0.447 e. The van der Waals surface area contributed by atoms with Gasteiger partial charge in [0.25, 0.3) is 5.69 Å². The zero-order valence-corrected chi connectivity index (χ0v) is 19.0. The third kappa shape index (κ3) is 5.03. The van der Waals surface area contributed by atoms with Crippen LogP contribution in [0, 0.1) is 16.0 Å². The molecule has 0 aliphatic carbocycles. The van der Waals surface area contributed by atoms with Crippen LogP contribution in [-0.4, -0.2) is 38.6 Å². The summed E-state index contributed by atoms with van der Waals surface area (Å²) in [5.41, 5.74) is 1.73. The molecule has 1 aliphatic heterocycles. The minimum atomic E-state index is -0.487. The highest BCUT2D eigenvalue weighted by Crippen LogP contribution is 2.27. The Bertz CT molecular complexity index is 1170. The van der Waals surface area contributed by atoms with E-state index in [-0.39, 0.29) is 23.7 Å². The Kier molecular flexibility index (Phi) is 6.53. The van der Waals surface area contributed by atoms with E-state index in [9.17, 15) is 14.9 Å². The number of anilines is 4. The summed E-state index contributed by atoms with van der Waals surface area (Å²) in [5, 5.41) is 17.1. The fourth-order valence-corrected chi connectivity index (χ4v) is 3.59. The summed E-state index contributed by atoms with van der Waals surface area (Å²) in [5.74, 6) is 1.64. The average Bonchev–Trinajstić information content (AvgIpc) is 3.22. The number of ether oxygens (including phenoxy) is 1. The number of amides is 1. The van der Waals surface area contributed by atoms with Crippen molar-refractivity contribution in [3.8, 4) is 0 Å². The van der Waals surface area contributed by atoms with Gasteiger partial charge in [-0.25, -0.2) is 14.8 Å². The Morgan fingerprint density at radius 2 is 1.88 bits per heavy atom. The third-order valence-corrected chi connectivity index (χ3v) is 5.55. The topological polar surface area (TPSA) is 135 Å². The molecule has 34 heavy (non-hydrogen) atoms. The highest BCUT2D eigenvalue weighted by Gasteiger charge is 2.37. The first kappa shape index (κ1) is 22.9. The van der Waals surface area contributed by atoms with E-state index in [1.165, 1.54) is 12.3 Å². The lowest BCUT2D eigenvalue weighted by atomic mass is 10.0. The number of nitrogens with zero attached hydrogens (tertiary/aromatic N) is 5. The van der Waals surface area contributed by atoms with Gasteiger partial charge in [-0.15, -0.1) is 0 Å². The minimum absolute atomic E-state index is 0.0616. The molecule has 3 aromatic rings. The molecule has 176 valence electrons. The molecular formula is C23H25N7O4. The molecule has 0 spiro atoms. The van der Waals surface area contributed by atoms with Crippen molar-refractivity contribution < 1.29 is 14.5 Å². The third-order valence-electron chi connectivity index (χ3n) is 5.55. The summed E-state index contributed by atoms with van der Waals surface area (Å²) in [7, 11) is 0. The van der Waals surface area contributed by atoms with Gasteiger partial charge in [0, 0.05) is 18.0 Å². The predicted octanol–water partition coefficient (Wildman–Crippen LogP) is 4.68. The number of cyclic esters (lactones) is 1. The molecule has 11 nitrogen and oxygen atoms in total. The van der Waals surface area contributed by atoms with Crippen molar-refractivity contribution in [1.29, 1.82) is 0 Å². The van der Waals surface area contributed by atoms with E-state index >= 15 is 0 Å². The Balaban J connectivity index is 1.42. The second kappa shape index (κ2) is 9.69. The molecule has 0 saturated carbocycles. The number of hydrogen-bond donors (Lipinski definition) is 2. The lowest BCUT2D eigenvalue weighted by molar-refractivity contribution is -0.385. The summed E-state index contributed by atoms with van der Waals surface area (Å²) < 4.78 is 5.22. The average molecular weight is 463 g/mol. The highest BCUT2D eigenvalue weighted by atomic mass is 16.6. The fourth-order valence-electron chi connectivity index (χ4n) is 3.59. The van der Waals surface area contributed by atoms with Crippen molar-refractivity contribution in [3.63, 3.8) is 0 Å². The molecule has 3 heterocycles. The summed E-state index contributed by atoms with van der Waals surface area (Å²) in [6.07, 6.45) is 2.43. The summed E-state index contributed by atoms with van der Waals surface area (Å²) in [4.78, 5) is 37.0. The number of nitrogens with one attached hydrogen (secondary N) is 2. The van der Waals surface area contributed by atoms with Crippen LogP contribution in [0.5, 0.6) is 0 Å². The number of pyridine rings is 1. The van der Waals surface area contributed by atoms with Gasteiger partial charge in [0.05, 0.1) is 17.0 Å². The zero-order valence-electron chi connectivity index (χ0n) is 19.0. The predicted molar refractivity (Wildman–Crippen MR) is 127 cm³/mol. The first-order valence-electron chi connectivity index (χ1n) is 10.8. The molecule has 11 heteroatoms. The standard InChI is InChI=1S/C23H25N7O4/c1-14(2)19-13-34-23(31)29(19)21-10-11-24-22(28-21)26-15(3)16-4-6-17(7-5-16)27-20-9-8-18(12-25-20)30(32)33/h4-12,14-15,19H,13H2,1-3H3,(H,25,27)(H,24,26,28)/t15-,19+/m0/s1. The molecule has 0 radical (unpaired) electrons. The lowest BCUT2D eigenvalue weighted by Gasteiger charge is -2.23. The molecule has 1 aromatic carbocycles. The van der Waals surface area contributed by atoms with Crippen LogP contribution in [0.25, 0.3) is 0 Å². The number of rotatable bonds is 8. The van der Waals surface area contributed by atoms with Crippen LogP contribution in [-0.2, 0) is 4.74 Å². The molecule has 2 N–H and O–H groups in total. The van der Waals surface area contributed by atoms with Gasteiger partial charge < -0.3 is 15.4 Å². The number of benzene rings is 1. The summed E-state index contributed by atoms with van der Waals surface area (Å²) in [6, 6.07) is 12.2. The molecule has 1 amide bonds. The SMILES string of the molecule is CC(C)[C@H]1COC(=O)N1c1ccnc(N[C@@H](C)c2ccc(Nc3ccc([N+](=O)[O-])cn3)cc2)n1. The van der Waals surface area contributed by atoms with Crippen LogP contribution in [0.4, 0.5) is 33.8 Å². The van der Waals surface area contributed by atoms with E-state index in [2.05, 4.69) is 25.6 Å². The summed E-state index contributed by atoms with van der Waals surface area (Å²) in [6.45, 7) is 6.41. The van der Waals surface area contributed by atoms with E-state index in [1.807, 2.05) is 45.0 Å². The number of hydrogen-bond acceptors (Lipinski definition) is 9. The van der Waals surface area contributed by atoms with Crippen molar-refractivity contribution in [1.82, 2.24) is 15.0 Å².